The van der Waals surface area contributed by atoms with E-state index in [4.69, 9.17) is 9.97 Å². The minimum Gasteiger partial charge on any atom is -0.295 e. The second kappa shape index (κ2) is 9.70. The third-order valence-electron chi connectivity index (χ3n) is 6.23. The van der Waals surface area contributed by atoms with Gasteiger partial charge < -0.3 is 0 Å². The van der Waals surface area contributed by atoms with Crippen molar-refractivity contribution in [3.8, 4) is 11.3 Å². The van der Waals surface area contributed by atoms with Crippen LogP contribution in [-0.2, 0) is 5.41 Å². The van der Waals surface area contributed by atoms with Crippen LogP contribution in [0, 0.1) is 11.6 Å². The molecule has 2 aromatic heterocycles. The van der Waals surface area contributed by atoms with E-state index in [1.54, 1.807) is 6.07 Å². The Balaban J connectivity index is 1.57. The van der Waals surface area contributed by atoms with Gasteiger partial charge in [0, 0.05) is 28.4 Å². The Labute approximate surface area is 209 Å². The molecule has 0 aliphatic heterocycles. The lowest BCUT2D eigenvalue weighted by atomic mass is 9.84. The normalized spacial score (nSPS) is 11.3. The second-order valence-corrected chi connectivity index (χ2v) is 9.04. The molecule has 3 aromatic carbocycles. The number of anilines is 3. The Hall–Kier alpha value is -4.38. The Morgan fingerprint density at radius 2 is 1.19 bits per heavy atom. The highest BCUT2D eigenvalue weighted by Crippen LogP contribution is 2.36. The molecular weight excluding hydrogens is 452 g/mol. The van der Waals surface area contributed by atoms with Crippen LogP contribution in [0.15, 0.2) is 115 Å². The number of benzene rings is 3. The van der Waals surface area contributed by atoms with E-state index in [1.165, 1.54) is 12.1 Å². The minimum atomic E-state index is -0.640. The zero-order chi connectivity index (χ0) is 25.1. The van der Waals surface area contributed by atoms with E-state index in [1.807, 2.05) is 80.6 Å². The first-order valence-electron chi connectivity index (χ1n) is 11.7. The van der Waals surface area contributed by atoms with E-state index in [2.05, 4.69) is 29.2 Å². The van der Waals surface area contributed by atoms with Crippen LogP contribution >= 0.6 is 0 Å². The number of rotatable bonds is 6. The van der Waals surface area contributed by atoms with Crippen molar-refractivity contribution in [2.75, 3.05) is 4.90 Å². The monoisotopic (exact) mass is 477 g/mol. The molecule has 5 aromatic rings. The SMILES string of the molecule is CC(C)(c1cccc(-c2ccc(F)cc2F)n1)c1cccc(N(c2ccccc2)c2ccccc2)n1. The molecule has 36 heavy (non-hydrogen) atoms. The van der Waals surface area contributed by atoms with Gasteiger partial charge in [-0.05, 0) is 74.5 Å². The summed E-state index contributed by atoms with van der Waals surface area (Å²) in [5, 5.41) is 0. The maximum absolute atomic E-state index is 14.5. The smallest absolute Gasteiger partial charge is 0.137 e. The van der Waals surface area contributed by atoms with Crippen LogP contribution in [-0.4, -0.2) is 9.97 Å². The molecule has 0 bridgehead atoms. The Morgan fingerprint density at radius 1 is 0.611 bits per heavy atom. The molecule has 0 aliphatic carbocycles. The molecule has 0 N–H and O–H groups in total. The largest absolute Gasteiger partial charge is 0.295 e. The van der Waals surface area contributed by atoms with Gasteiger partial charge in [-0.25, -0.2) is 13.8 Å². The van der Waals surface area contributed by atoms with Crippen molar-refractivity contribution in [1.29, 1.82) is 0 Å². The van der Waals surface area contributed by atoms with Gasteiger partial charge in [-0.1, -0.05) is 48.5 Å². The molecule has 0 atom stereocenters. The number of aromatic nitrogens is 2. The van der Waals surface area contributed by atoms with Crippen LogP contribution in [0.2, 0.25) is 0 Å². The first kappa shape index (κ1) is 23.4. The van der Waals surface area contributed by atoms with Crippen molar-refractivity contribution in [1.82, 2.24) is 9.97 Å². The first-order valence-corrected chi connectivity index (χ1v) is 11.7. The predicted molar refractivity (Wildman–Crippen MR) is 141 cm³/mol. The highest BCUT2D eigenvalue weighted by Gasteiger charge is 2.28. The van der Waals surface area contributed by atoms with Crippen molar-refractivity contribution in [3.05, 3.63) is 138 Å². The second-order valence-electron chi connectivity index (χ2n) is 9.04. The summed E-state index contributed by atoms with van der Waals surface area (Å²) in [7, 11) is 0. The van der Waals surface area contributed by atoms with Gasteiger partial charge >= 0.3 is 0 Å². The summed E-state index contributed by atoms with van der Waals surface area (Å²) in [6, 6.07) is 35.1. The number of nitrogens with zero attached hydrogens (tertiary/aromatic N) is 3. The minimum absolute atomic E-state index is 0.259. The molecule has 5 rings (SSSR count). The summed E-state index contributed by atoms with van der Waals surface area (Å²) < 4.78 is 27.9. The average Bonchev–Trinajstić information content (AvgIpc) is 2.90. The van der Waals surface area contributed by atoms with Crippen molar-refractivity contribution < 1.29 is 8.78 Å². The third kappa shape index (κ3) is 4.60. The summed E-state index contributed by atoms with van der Waals surface area (Å²) in [6.45, 7) is 4.09. The van der Waals surface area contributed by atoms with E-state index >= 15 is 0 Å². The first-order chi connectivity index (χ1) is 17.4. The molecule has 0 aliphatic rings. The Kier molecular flexibility index (Phi) is 6.30. The van der Waals surface area contributed by atoms with Gasteiger partial charge in [0.25, 0.3) is 0 Å². The highest BCUT2D eigenvalue weighted by atomic mass is 19.1. The zero-order valence-electron chi connectivity index (χ0n) is 20.1. The topological polar surface area (TPSA) is 29.0 Å². The van der Waals surface area contributed by atoms with E-state index in [0.29, 0.717) is 5.69 Å². The quantitative estimate of drug-likeness (QED) is 0.247. The lowest BCUT2D eigenvalue weighted by Gasteiger charge is -2.28. The summed E-state index contributed by atoms with van der Waals surface area (Å²) >= 11 is 0. The standard InChI is InChI=1S/C31H25F2N3/c1-31(2,28-16-9-15-27(34-28)25-20-19-22(32)21-26(25)33)29-17-10-18-30(35-29)36(23-11-5-3-6-12-23)24-13-7-4-8-14-24/h3-21H,1-2H3. The van der Waals surface area contributed by atoms with Crippen molar-refractivity contribution in [2.45, 2.75) is 19.3 Å². The highest BCUT2D eigenvalue weighted by molar-refractivity contribution is 5.74. The van der Waals surface area contributed by atoms with E-state index in [9.17, 15) is 8.78 Å². The average molecular weight is 478 g/mol. The fourth-order valence-corrected chi connectivity index (χ4v) is 4.22. The lowest BCUT2D eigenvalue weighted by Crippen LogP contribution is -2.23. The molecule has 0 saturated carbocycles. The summed E-state index contributed by atoms with van der Waals surface area (Å²) in [4.78, 5) is 11.9. The number of hydrogen-bond acceptors (Lipinski definition) is 3. The van der Waals surface area contributed by atoms with Gasteiger partial charge in [-0.3, -0.25) is 9.88 Å². The van der Waals surface area contributed by atoms with Crippen LogP contribution < -0.4 is 4.90 Å². The molecule has 0 spiro atoms. The molecule has 0 fully saturated rings. The molecule has 5 heteroatoms. The summed E-state index contributed by atoms with van der Waals surface area (Å²) in [5.41, 5.74) is 3.68. The fourth-order valence-electron chi connectivity index (χ4n) is 4.22. The maximum Gasteiger partial charge on any atom is 0.137 e. The number of hydrogen-bond donors (Lipinski definition) is 0. The molecule has 3 nitrogen and oxygen atoms in total. The summed E-state index contributed by atoms with van der Waals surface area (Å²) in [5.74, 6) is -0.479. The lowest BCUT2D eigenvalue weighted by molar-refractivity contribution is 0.583. The van der Waals surface area contributed by atoms with E-state index < -0.39 is 17.0 Å². The maximum atomic E-state index is 14.5. The van der Waals surface area contributed by atoms with Gasteiger partial charge in [0.15, 0.2) is 0 Å². The van der Waals surface area contributed by atoms with Crippen LogP contribution in [0.4, 0.5) is 26.0 Å². The Bertz CT molecular complexity index is 1450. The molecule has 0 amide bonds. The number of pyridine rings is 2. The van der Waals surface area contributed by atoms with Crippen molar-refractivity contribution in [2.24, 2.45) is 0 Å². The molecule has 0 unspecified atom stereocenters. The number of halogens is 2. The number of para-hydroxylation sites is 2. The predicted octanol–water partition coefficient (Wildman–Crippen LogP) is 8.22. The van der Waals surface area contributed by atoms with Crippen LogP contribution in [0.1, 0.15) is 25.2 Å². The van der Waals surface area contributed by atoms with Gasteiger partial charge in [-0.2, -0.15) is 0 Å². The molecule has 0 saturated heterocycles. The molecule has 178 valence electrons. The summed E-state index contributed by atoms with van der Waals surface area (Å²) in [6.07, 6.45) is 0. The molecule has 0 radical (unpaired) electrons. The van der Waals surface area contributed by atoms with Gasteiger partial charge in [-0.15, -0.1) is 0 Å². The van der Waals surface area contributed by atoms with Gasteiger partial charge in [0.1, 0.15) is 17.5 Å². The zero-order valence-corrected chi connectivity index (χ0v) is 20.1. The van der Waals surface area contributed by atoms with E-state index in [0.717, 1.165) is 34.6 Å². The van der Waals surface area contributed by atoms with E-state index in [-0.39, 0.29) is 5.56 Å². The van der Waals surface area contributed by atoms with Crippen LogP contribution in [0.5, 0.6) is 0 Å². The molecule has 2 heterocycles. The third-order valence-corrected chi connectivity index (χ3v) is 6.23. The van der Waals surface area contributed by atoms with Crippen molar-refractivity contribution in [3.63, 3.8) is 0 Å². The van der Waals surface area contributed by atoms with Crippen LogP contribution in [0.25, 0.3) is 11.3 Å². The molecular formula is C31H25F2N3. The Morgan fingerprint density at radius 3 is 1.81 bits per heavy atom. The van der Waals surface area contributed by atoms with Gasteiger partial charge in [0.2, 0.25) is 0 Å². The van der Waals surface area contributed by atoms with Crippen LogP contribution in [0.3, 0.4) is 0 Å². The van der Waals surface area contributed by atoms with Gasteiger partial charge in [0.05, 0.1) is 17.1 Å². The van der Waals surface area contributed by atoms with Crippen molar-refractivity contribution >= 4 is 17.2 Å². The fraction of sp³-hybridized carbons (Fsp3) is 0.0968.